The van der Waals surface area contributed by atoms with E-state index in [4.69, 9.17) is 15.2 Å². The van der Waals surface area contributed by atoms with Gasteiger partial charge in [0, 0.05) is 17.5 Å². The van der Waals surface area contributed by atoms with Gasteiger partial charge in [-0.15, -0.1) is 12.4 Å². The molecule has 2 unspecified atom stereocenters. The van der Waals surface area contributed by atoms with Crippen LogP contribution in [0.25, 0.3) is 0 Å². The van der Waals surface area contributed by atoms with E-state index in [2.05, 4.69) is 10.4 Å². The quantitative estimate of drug-likeness (QED) is 0.766. The first-order valence-electron chi connectivity index (χ1n) is 9.31. The summed E-state index contributed by atoms with van der Waals surface area (Å²) in [5, 5.41) is 7.50. The Morgan fingerprint density at radius 3 is 2.71 bits per heavy atom. The van der Waals surface area contributed by atoms with Gasteiger partial charge in [-0.3, -0.25) is 4.79 Å². The van der Waals surface area contributed by atoms with Crippen LogP contribution in [0.1, 0.15) is 36.8 Å². The summed E-state index contributed by atoms with van der Waals surface area (Å²) in [5.41, 5.74) is 7.97. The van der Waals surface area contributed by atoms with Gasteiger partial charge in [-0.2, -0.15) is 5.10 Å². The zero-order chi connectivity index (χ0) is 19.4. The van der Waals surface area contributed by atoms with Crippen molar-refractivity contribution in [2.24, 2.45) is 11.7 Å². The molecule has 1 heterocycles. The Labute approximate surface area is 172 Å². The fourth-order valence-electron chi connectivity index (χ4n) is 3.60. The summed E-state index contributed by atoms with van der Waals surface area (Å²) in [6.45, 7) is 2.47. The number of anilines is 1. The molecular weight excluding hydrogens is 380 g/mol. The van der Waals surface area contributed by atoms with Gasteiger partial charge >= 0.3 is 0 Å². The van der Waals surface area contributed by atoms with E-state index < -0.39 is 0 Å². The Hall–Kier alpha value is -2.25. The first-order valence-corrected chi connectivity index (χ1v) is 9.31. The highest BCUT2D eigenvalue weighted by Gasteiger charge is 2.26. The number of nitrogens with zero attached hydrogens (tertiary/aromatic N) is 2. The minimum Gasteiger partial charge on any atom is -0.493 e. The summed E-state index contributed by atoms with van der Waals surface area (Å²) < 4.78 is 12.5. The van der Waals surface area contributed by atoms with Crippen LogP contribution in [0.15, 0.2) is 24.4 Å². The lowest BCUT2D eigenvalue weighted by atomic mass is 9.85. The summed E-state index contributed by atoms with van der Waals surface area (Å²) >= 11 is 0. The number of amides is 1. The first-order chi connectivity index (χ1) is 13.0. The van der Waals surface area contributed by atoms with Crippen molar-refractivity contribution in [1.29, 1.82) is 0 Å². The third-order valence-electron chi connectivity index (χ3n) is 5.13. The average molecular weight is 409 g/mol. The molecule has 2 atom stereocenters. The van der Waals surface area contributed by atoms with Crippen molar-refractivity contribution in [2.45, 2.75) is 45.2 Å². The van der Waals surface area contributed by atoms with Gasteiger partial charge < -0.3 is 20.5 Å². The lowest BCUT2D eigenvalue weighted by Gasteiger charge is -2.25. The fourth-order valence-corrected chi connectivity index (χ4v) is 3.60. The van der Waals surface area contributed by atoms with E-state index in [0.717, 1.165) is 42.6 Å². The summed E-state index contributed by atoms with van der Waals surface area (Å²) in [6, 6.07) is 5.87. The van der Waals surface area contributed by atoms with Crippen molar-refractivity contribution in [1.82, 2.24) is 9.78 Å². The molecular formula is C20H29ClN4O3. The van der Waals surface area contributed by atoms with Crippen LogP contribution in [0, 0.1) is 12.8 Å². The number of ether oxygens (including phenoxy) is 2. The molecule has 0 radical (unpaired) electrons. The minimum absolute atomic E-state index is 0. The molecule has 1 aliphatic carbocycles. The highest BCUT2D eigenvalue weighted by atomic mass is 35.5. The number of hydrogen-bond donors (Lipinski definition) is 2. The molecule has 1 aliphatic rings. The molecule has 1 fully saturated rings. The number of carbonyl (C=O) groups excluding carboxylic acids is 1. The van der Waals surface area contributed by atoms with Crippen LogP contribution in [-0.4, -0.2) is 35.9 Å². The number of nitrogens with two attached hydrogens (primary N) is 1. The van der Waals surface area contributed by atoms with Crippen molar-refractivity contribution in [2.75, 3.05) is 19.5 Å². The molecule has 154 valence electrons. The second kappa shape index (κ2) is 9.80. The second-order valence-electron chi connectivity index (χ2n) is 7.14. The number of nitrogens with one attached hydrogen (secondary N) is 1. The van der Waals surface area contributed by atoms with Crippen LogP contribution in [0.5, 0.6) is 11.5 Å². The molecule has 2 aromatic rings. The number of methoxy groups -OCH3 is 2. The van der Waals surface area contributed by atoms with Gasteiger partial charge in [-0.25, -0.2) is 4.68 Å². The van der Waals surface area contributed by atoms with Gasteiger partial charge in [0.15, 0.2) is 11.5 Å². The van der Waals surface area contributed by atoms with Crippen LogP contribution < -0.4 is 20.5 Å². The Kier molecular flexibility index (Phi) is 7.71. The molecule has 0 bridgehead atoms. The van der Waals surface area contributed by atoms with Crippen LogP contribution in [0.2, 0.25) is 0 Å². The highest BCUT2D eigenvalue weighted by Crippen LogP contribution is 2.29. The molecule has 1 aromatic carbocycles. The normalized spacial score (nSPS) is 18.9. The Balaban J connectivity index is 0.00000280. The van der Waals surface area contributed by atoms with Gasteiger partial charge in [0.25, 0.3) is 0 Å². The topological polar surface area (TPSA) is 91.4 Å². The highest BCUT2D eigenvalue weighted by molar-refractivity contribution is 5.92. The molecule has 1 aromatic heterocycles. The van der Waals surface area contributed by atoms with E-state index in [-0.39, 0.29) is 30.3 Å². The third kappa shape index (κ3) is 4.97. The molecule has 3 N–H and O–H groups in total. The number of hydrogen-bond acceptors (Lipinski definition) is 5. The maximum Gasteiger partial charge on any atom is 0.228 e. The van der Waals surface area contributed by atoms with E-state index in [9.17, 15) is 4.79 Å². The maximum absolute atomic E-state index is 12.7. The standard InChI is InChI=1S/C20H28N4O3.ClH/c1-13-11-22-24(12-14-7-8-17(26-2)18(9-14)27-3)19(13)23-20(25)15-5-4-6-16(21)10-15;/h7-9,11,15-16H,4-6,10,12,21H2,1-3H3,(H,23,25);1H. The minimum atomic E-state index is -0.0300. The van der Waals surface area contributed by atoms with Crippen molar-refractivity contribution >= 4 is 24.1 Å². The zero-order valence-corrected chi connectivity index (χ0v) is 17.4. The van der Waals surface area contributed by atoms with Crippen LogP contribution in [0.3, 0.4) is 0 Å². The Bertz CT molecular complexity index is 809. The molecule has 1 saturated carbocycles. The van der Waals surface area contributed by atoms with Crippen LogP contribution in [-0.2, 0) is 11.3 Å². The third-order valence-corrected chi connectivity index (χ3v) is 5.13. The van der Waals surface area contributed by atoms with Crippen LogP contribution in [0.4, 0.5) is 5.82 Å². The van der Waals surface area contributed by atoms with Crippen molar-refractivity contribution < 1.29 is 14.3 Å². The van der Waals surface area contributed by atoms with Gasteiger partial charge in [-0.1, -0.05) is 12.5 Å². The van der Waals surface area contributed by atoms with Crippen molar-refractivity contribution in [3.8, 4) is 11.5 Å². The molecule has 1 amide bonds. The lowest BCUT2D eigenvalue weighted by Crippen LogP contribution is -2.34. The summed E-state index contributed by atoms with van der Waals surface area (Å²) in [4.78, 5) is 12.7. The number of aryl methyl sites for hydroxylation is 1. The summed E-state index contributed by atoms with van der Waals surface area (Å²) in [6.07, 6.45) is 5.41. The molecule has 8 heteroatoms. The average Bonchev–Trinajstić information content (AvgIpc) is 3.01. The van der Waals surface area contributed by atoms with Gasteiger partial charge in [0.05, 0.1) is 27.0 Å². The van der Waals surface area contributed by atoms with Gasteiger partial charge in [0.2, 0.25) is 5.91 Å². The SMILES string of the molecule is COc1ccc(Cn2ncc(C)c2NC(=O)C2CCCC(N)C2)cc1OC.Cl. The number of benzene rings is 1. The van der Waals surface area contributed by atoms with Crippen molar-refractivity contribution in [3.63, 3.8) is 0 Å². The number of rotatable bonds is 6. The van der Waals surface area contributed by atoms with E-state index >= 15 is 0 Å². The lowest BCUT2D eigenvalue weighted by molar-refractivity contribution is -0.121. The first kappa shape index (κ1) is 22.0. The summed E-state index contributed by atoms with van der Waals surface area (Å²) in [7, 11) is 3.22. The van der Waals surface area contributed by atoms with E-state index in [1.807, 2.05) is 25.1 Å². The Morgan fingerprint density at radius 1 is 1.29 bits per heavy atom. The predicted octanol–water partition coefficient (Wildman–Crippen LogP) is 3.13. The fraction of sp³-hybridized carbons (Fsp3) is 0.500. The number of halogens is 1. The van der Waals surface area contributed by atoms with Gasteiger partial charge in [0.1, 0.15) is 5.82 Å². The zero-order valence-electron chi connectivity index (χ0n) is 16.6. The number of carbonyl (C=O) groups is 1. The summed E-state index contributed by atoms with van der Waals surface area (Å²) in [5.74, 6) is 2.08. The maximum atomic E-state index is 12.7. The molecule has 0 spiro atoms. The van der Waals surface area contributed by atoms with Crippen LogP contribution >= 0.6 is 12.4 Å². The smallest absolute Gasteiger partial charge is 0.228 e. The monoisotopic (exact) mass is 408 g/mol. The van der Waals surface area contributed by atoms with E-state index in [1.165, 1.54) is 0 Å². The number of aromatic nitrogens is 2. The molecule has 0 aliphatic heterocycles. The molecule has 0 saturated heterocycles. The second-order valence-corrected chi connectivity index (χ2v) is 7.14. The van der Waals surface area contributed by atoms with E-state index in [1.54, 1.807) is 25.1 Å². The van der Waals surface area contributed by atoms with Crippen molar-refractivity contribution in [3.05, 3.63) is 35.5 Å². The Morgan fingerprint density at radius 2 is 2.04 bits per heavy atom. The molecule has 28 heavy (non-hydrogen) atoms. The predicted molar refractivity (Wildman–Crippen MR) is 111 cm³/mol. The van der Waals surface area contributed by atoms with Gasteiger partial charge in [-0.05, 0) is 43.9 Å². The molecule has 7 nitrogen and oxygen atoms in total. The molecule has 3 rings (SSSR count). The van der Waals surface area contributed by atoms with E-state index in [0.29, 0.717) is 18.0 Å². The largest absolute Gasteiger partial charge is 0.493 e.